The number of benzene rings is 1. The third-order valence-electron chi connectivity index (χ3n) is 5.83. The molecule has 156 valence electrons. The molecule has 9 heteroatoms. The summed E-state index contributed by atoms with van der Waals surface area (Å²) >= 11 is 6.01. The van der Waals surface area contributed by atoms with Crippen molar-refractivity contribution in [3.8, 4) is 6.07 Å². The van der Waals surface area contributed by atoms with Gasteiger partial charge in [0.2, 0.25) is 12.3 Å². The minimum absolute atomic E-state index is 0.0966. The van der Waals surface area contributed by atoms with Crippen LogP contribution in [0.3, 0.4) is 0 Å². The molecular weight excluding hydrogens is 414 g/mol. The number of halogens is 1. The quantitative estimate of drug-likeness (QED) is 0.711. The molecule has 2 amide bonds. The van der Waals surface area contributed by atoms with E-state index in [4.69, 9.17) is 16.9 Å². The molecule has 3 aliphatic rings. The summed E-state index contributed by atoms with van der Waals surface area (Å²) in [5, 5.41) is 10.5. The highest BCUT2D eigenvalue weighted by Gasteiger charge is 2.49. The van der Waals surface area contributed by atoms with Crippen LogP contribution in [0.5, 0.6) is 0 Å². The first kappa shape index (κ1) is 21.6. The average Bonchev–Trinajstić information content (AvgIpc) is 3.59. The number of nitriles is 1. The molecule has 1 N–H and O–H groups in total. The lowest BCUT2D eigenvalue weighted by Crippen LogP contribution is -2.36. The monoisotopic (exact) mass is 437 g/mol. The van der Waals surface area contributed by atoms with Crippen molar-refractivity contribution in [1.82, 2.24) is 10.2 Å². The van der Waals surface area contributed by atoms with Gasteiger partial charge in [-0.1, -0.05) is 30.7 Å². The molecule has 29 heavy (non-hydrogen) atoms. The van der Waals surface area contributed by atoms with Crippen LogP contribution in [0.4, 0.5) is 0 Å². The van der Waals surface area contributed by atoms with Crippen LogP contribution in [-0.4, -0.2) is 49.5 Å². The van der Waals surface area contributed by atoms with Crippen LogP contribution in [0.25, 0.3) is 0 Å². The van der Waals surface area contributed by atoms with E-state index >= 15 is 0 Å². The van der Waals surface area contributed by atoms with E-state index in [0.717, 1.165) is 25.7 Å². The lowest BCUT2D eigenvalue weighted by molar-refractivity contribution is -0.135. The van der Waals surface area contributed by atoms with Crippen LogP contribution in [-0.2, 0) is 19.4 Å². The molecule has 1 unspecified atom stereocenters. The van der Waals surface area contributed by atoms with E-state index in [1.165, 1.54) is 6.07 Å². The Balaban J connectivity index is 0.000000252. The number of nitrogens with one attached hydrogen (secondary N) is 1. The van der Waals surface area contributed by atoms with Gasteiger partial charge in [-0.15, -0.1) is 0 Å². The maximum atomic E-state index is 12.7. The van der Waals surface area contributed by atoms with Gasteiger partial charge in [0.1, 0.15) is 5.54 Å². The average molecular weight is 438 g/mol. The number of amides is 2. The molecule has 0 bridgehead atoms. The number of hydrogen-bond acceptors (Lipinski definition) is 5. The van der Waals surface area contributed by atoms with E-state index in [1.54, 1.807) is 23.1 Å². The Kier molecular flexibility index (Phi) is 5.93. The number of carbonyl (C=O) groups is 2. The van der Waals surface area contributed by atoms with Crippen molar-refractivity contribution in [2.24, 2.45) is 5.41 Å². The molecule has 1 aromatic rings. The van der Waals surface area contributed by atoms with E-state index in [0.29, 0.717) is 19.4 Å². The number of likely N-dealkylation sites (tertiary alicyclic amines) is 1. The molecule has 1 aromatic carbocycles. The van der Waals surface area contributed by atoms with Gasteiger partial charge in [-0.3, -0.25) is 9.59 Å². The van der Waals surface area contributed by atoms with Gasteiger partial charge in [0.05, 0.1) is 21.2 Å². The smallest absolute Gasteiger partial charge is 0.228 e. The number of carbonyl (C=O) groups excluding carboxylic acids is 2. The molecule has 1 saturated heterocycles. The normalized spacial score (nSPS) is 23.2. The predicted octanol–water partition coefficient (Wildman–Crippen LogP) is 2.30. The van der Waals surface area contributed by atoms with Crippen LogP contribution < -0.4 is 5.32 Å². The Morgan fingerprint density at radius 2 is 1.97 bits per heavy atom. The Bertz CT molecular complexity index is 949. The van der Waals surface area contributed by atoms with E-state index < -0.39 is 20.6 Å². The van der Waals surface area contributed by atoms with Gasteiger partial charge in [-0.25, -0.2) is 8.42 Å². The maximum Gasteiger partial charge on any atom is 0.228 e. The molecule has 7 nitrogen and oxygen atoms in total. The first-order valence-electron chi connectivity index (χ1n) is 9.58. The third-order valence-corrected chi connectivity index (χ3v) is 8.50. The molecule has 1 aliphatic heterocycles. The fourth-order valence-electron chi connectivity index (χ4n) is 3.33. The Hall–Kier alpha value is -2.11. The van der Waals surface area contributed by atoms with Crippen molar-refractivity contribution in [3.63, 3.8) is 0 Å². The Morgan fingerprint density at radius 3 is 2.45 bits per heavy atom. The van der Waals surface area contributed by atoms with Crippen LogP contribution in [0.2, 0.25) is 5.02 Å². The van der Waals surface area contributed by atoms with Gasteiger partial charge in [-0.05, 0) is 44.2 Å². The number of hydrogen-bond donors (Lipinski definition) is 1. The second-order valence-corrected chi connectivity index (χ2v) is 10.8. The topological polar surface area (TPSA) is 107 Å². The van der Waals surface area contributed by atoms with Crippen molar-refractivity contribution in [3.05, 3.63) is 29.3 Å². The Labute approximate surface area is 175 Å². The Morgan fingerprint density at radius 1 is 1.31 bits per heavy atom. The number of rotatable bonds is 5. The molecule has 1 atom stereocenters. The van der Waals surface area contributed by atoms with Crippen molar-refractivity contribution in [2.75, 3.05) is 13.1 Å². The fourth-order valence-corrected chi connectivity index (χ4v) is 5.55. The van der Waals surface area contributed by atoms with Gasteiger partial charge < -0.3 is 10.2 Å². The highest BCUT2D eigenvalue weighted by Crippen LogP contribution is 2.47. The standard InChI is InChI=1S/C15H18ClNO3S.C5H6N2O/c1-15(7-8-15)14(18)17-9-6-11(10-17)21(19,20)13-5-3-2-4-12(13)16;6-3-5(1-2-5)7-4-8/h2-5,11H,6-10H2,1H3;4H,1-2H2,(H,7,8). The summed E-state index contributed by atoms with van der Waals surface area (Å²) in [6.45, 7) is 2.75. The summed E-state index contributed by atoms with van der Waals surface area (Å²) in [5.41, 5.74) is -0.717. The largest absolute Gasteiger partial charge is 0.341 e. The van der Waals surface area contributed by atoms with Crippen LogP contribution in [0.15, 0.2) is 29.2 Å². The first-order chi connectivity index (χ1) is 13.7. The molecule has 2 saturated carbocycles. The summed E-state index contributed by atoms with van der Waals surface area (Å²) in [4.78, 5) is 23.9. The molecule has 0 aromatic heterocycles. The van der Waals surface area contributed by atoms with Crippen LogP contribution >= 0.6 is 11.6 Å². The van der Waals surface area contributed by atoms with Crippen LogP contribution in [0.1, 0.15) is 39.0 Å². The summed E-state index contributed by atoms with van der Waals surface area (Å²) < 4.78 is 25.3. The highest BCUT2D eigenvalue weighted by atomic mass is 35.5. The van der Waals surface area contributed by atoms with E-state index in [2.05, 4.69) is 5.32 Å². The lowest BCUT2D eigenvalue weighted by Gasteiger charge is -2.20. The zero-order valence-corrected chi connectivity index (χ0v) is 17.8. The zero-order valence-electron chi connectivity index (χ0n) is 16.2. The van der Waals surface area contributed by atoms with Crippen LogP contribution in [0, 0.1) is 16.7 Å². The minimum Gasteiger partial charge on any atom is -0.341 e. The predicted molar refractivity (Wildman–Crippen MR) is 108 cm³/mol. The lowest BCUT2D eigenvalue weighted by atomic mass is 10.1. The van der Waals surface area contributed by atoms with Gasteiger partial charge in [-0.2, -0.15) is 5.26 Å². The van der Waals surface area contributed by atoms with E-state index in [1.807, 2.05) is 13.0 Å². The summed E-state index contributed by atoms with van der Waals surface area (Å²) in [5.74, 6) is 0.0966. The highest BCUT2D eigenvalue weighted by molar-refractivity contribution is 7.92. The second kappa shape index (κ2) is 7.96. The zero-order chi connectivity index (χ0) is 21.3. The first-order valence-corrected chi connectivity index (χ1v) is 11.5. The van der Waals surface area contributed by atoms with Crippen molar-refractivity contribution >= 4 is 33.8 Å². The molecule has 1 heterocycles. The summed E-state index contributed by atoms with van der Waals surface area (Å²) in [6.07, 6.45) is 4.49. The minimum atomic E-state index is -3.49. The molecule has 0 radical (unpaired) electrons. The molecule has 4 rings (SSSR count). The van der Waals surface area contributed by atoms with Crippen molar-refractivity contribution in [2.45, 2.75) is 54.7 Å². The van der Waals surface area contributed by atoms with E-state index in [9.17, 15) is 18.0 Å². The summed E-state index contributed by atoms with van der Waals surface area (Å²) in [6, 6.07) is 8.50. The van der Waals surface area contributed by atoms with Gasteiger partial charge in [0, 0.05) is 18.5 Å². The summed E-state index contributed by atoms with van der Waals surface area (Å²) in [7, 11) is -3.49. The van der Waals surface area contributed by atoms with Gasteiger partial charge in [0.25, 0.3) is 0 Å². The molecular formula is C20H24ClN3O4S. The van der Waals surface area contributed by atoms with E-state index in [-0.39, 0.29) is 27.8 Å². The number of nitrogens with zero attached hydrogens (tertiary/aromatic N) is 2. The SMILES string of the molecule is CC1(C(=O)N2CCC(S(=O)(=O)c3ccccc3Cl)C2)CC1.N#CC1(NC=O)CC1. The second-order valence-electron chi connectivity index (χ2n) is 8.15. The molecule has 0 spiro atoms. The number of sulfone groups is 1. The van der Waals surface area contributed by atoms with Gasteiger partial charge >= 0.3 is 0 Å². The maximum absolute atomic E-state index is 12.7. The van der Waals surface area contributed by atoms with Crippen molar-refractivity contribution < 1.29 is 18.0 Å². The molecule has 2 aliphatic carbocycles. The fraction of sp³-hybridized carbons (Fsp3) is 0.550. The molecule has 3 fully saturated rings. The third kappa shape index (κ3) is 4.57. The van der Waals surface area contributed by atoms with Gasteiger partial charge in [0.15, 0.2) is 9.84 Å². The van der Waals surface area contributed by atoms with Crippen molar-refractivity contribution in [1.29, 1.82) is 5.26 Å².